The summed E-state index contributed by atoms with van der Waals surface area (Å²) in [6.45, 7) is 0. The van der Waals surface area contributed by atoms with Crippen LogP contribution in [0.3, 0.4) is 0 Å². The van der Waals surface area contributed by atoms with Crippen molar-refractivity contribution in [3.05, 3.63) is 66.7 Å². The molecule has 1 heterocycles. The van der Waals surface area contributed by atoms with Crippen LogP contribution in [0.15, 0.2) is 66.7 Å². The van der Waals surface area contributed by atoms with E-state index in [1.807, 2.05) is 30.3 Å². The molecule has 2 nitrogen and oxygen atoms in total. The average molecular weight is 304 g/mol. The van der Waals surface area contributed by atoms with E-state index in [2.05, 4.69) is 30.3 Å². The molecular weight excluding hydrogens is 291 g/mol. The molecule has 0 aliphatic heterocycles. The van der Waals surface area contributed by atoms with Gasteiger partial charge in [-0.25, -0.2) is 0 Å². The molecule has 0 saturated heterocycles. The Labute approximate surface area is 132 Å². The lowest BCUT2D eigenvalue weighted by atomic mass is 9.80. The third kappa shape index (κ3) is 2.13. The highest BCUT2D eigenvalue weighted by atomic mass is 32.1. The van der Waals surface area contributed by atoms with E-state index in [0.717, 1.165) is 20.2 Å². The Morgan fingerprint density at radius 2 is 1.55 bits per heavy atom. The molecule has 4 aromatic rings. The summed E-state index contributed by atoms with van der Waals surface area (Å²) in [7, 11) is -1.44. The van der Waals surface area contributed by atoms with Crippen molar-refractivity contribution in [2.24, 2.45) is 0 Å². The molecule has 0 aliphatic rings. The maximum Gasteiger partial charge on any atom is 0.489 e. The van der Waals surface area contributed by atoms with Gasteiger partial charge in [0.25, 0.3) is 0 Å². The largest absolute Gasteiger partial charge is 0.489 e. The van der Waals surface area contributed by atoms with Crippen LogP contribution >= 0.6 is 11.3 Å². The van der Waals surface area contributed by atoms with Crippen molar-refractivity contribution in [3.63, 3.8) is 0 Å². The van der Waals surface area contributed by atoms with E-state index in [0.29, 0.717) is 5.46 Å². The van der Waals surface area contributed by atoms with E-state index < -0.39 is 7.12 Å². The van der Waals surface area contributed by atoms with Gasteiger partial charge in [-0.1, -0.05) is 60.7 Å². The van der Waals surface area contributed by atoms with Crippen molar-refractivity contribution in [1.29, 1.82) is 0 Å². The highest BCUT2D eigenvalue weighted by molar-refractivity contribution is 7.27. The summed E-state index contributed by atoms with van der Waals surface area (Å²) in [6.07, 6.45) is 0. The molecule has 0 spiro atoms. The Kier molecular flexibility index (Phi) is 3.23. The maximum absolute atomic E-state index is 9.54. The third-order valence-electron chi connectivity index (χ3n) is 3.91. The lowest BCUT2D eigenvalue weighted by Crippen LogP contribution is -2.29. The minimum Gasteiger partial charge on any atom is -0.423 e. The normalized spacial score (nSPS) is 11.2. The standard InChI is InChI=1S/C18H13BO2S/c20-19(21)16-8-4-7-15-14-10-9-13(11-17(14)22-18(15)16)12-5-2-1-3-6-12/h1-11,20-21H. The van der Waals surface area contributed by atoms with E-state index >= 15 is 0 Å². The highest BCUT2D eigenvalue weighted by Crippen LogP contribution is 2.35. The molecule has 0 amide bonds. The Morgan fingerprint density at radius 3 is 2.32 bits per heavy atom. The van der Waals surface area contributed by atoms with Gasteiger partial charge in [0, 0.05) is 14.8 Å². The Hall–Kier alpha value is -2.14. The van der Waals surface area contributed by atoms with Crippen LogP contribution in [-0.4, -0.2) is 17.2 Å². The fourth-order valence-corrected chi connectivity index (χ4v) is 4.11. The van der Waals surface area contributed by atoms with Crippen molar-refractivity contribution in [2.75, 3.05) is 0 Å². The molecule has 22 heavy (non-hydrogen) atoms. The topological polar surface area (TPSA) is 40.5 Å². The Morgan fingerprint density at radius 1 is 0.727 bits per heavy atom. The molecule has 0 unspecified atom stereocenters. The summed E-state index contributed by atoms with van der Waals surface area (Å²) >= 11 is 1.61. The quantitative estimate of drug-likeness (QED) is 0.557. The lowest BCUT2D eigenvalue weighted by Gasteiger charge is -2.01. The van der Waals surface area contributed by atoms with Gasteiger partial charge >= 0.3 is 7.12 Å². The molecule has 1 aromatic heterocycles. The monoisotopic (exact) mass is 304 g/mol. The smallest absolute Gasteiger partial charge is 0.423 e. The van der Waals surface area contributed by atoms with Gasteiger partial charge in [0.1, 0.15) is 0 Å². The fraction of sp³-hybridized carbons (Fsp3) is 0. The number of hydrogen-bond acceptors (Lipinski definition) is 3. The van der Waals surface area contributed by atoms with Crippen LogP contribution in [0.1, 0.15) is 0 Å². The minimum atomic E-state index is -1.44. The van der Waals surface area contributed by atoms with Crippen molar-refractivity contribution >= 4 is 44.1 Å². The first-order valence-electron chi connectivity index (χ1n) is 7.11. The fourth-order valence-electron chi connectivity index (χ4n) is 2.83. The number of fused-ring (bicyclic) bond motifs is 3. The minimum absolute atomic E-state index is 0.569. The predicted molar refractivity (Wildman–Crippen MR) is 94.6 cm³/mol. The van der Waals surface area contributed by atoms with E-state index in [4.69, 9.17) is 0 Å². The zero-order valence-electron chi connectivity index (χ0n) is 11.7. The molecule has 0 radical (unpaired) electrons. The number of benzene rings is 3. The summed E-state index contributed by atoms with van der Waals surface area (Å²) in [5, 5.41) is 21.3. The Balaban J connectivity index is 1.98. The van der Waals surface area contributed by atoms with E-state index in [1.165, 1.54) is 11.1 Å². The molecule has 0 fully saturated rings. The van der Waals surface area contributed by atoms with Gasteiger partial charge in [-0.15, -0.1) is 11.3 Å². The molecule has 2 N–H and O–H groups in total. The summed E-state index contributed by atoms with van der Waals surface area (Å²) in [4.78, 5) is 0. The molecule has 106 valence electrons. The maximum atomic E-state index is 9.54. The number of hydrogen-bond donors (Lipinski definition) is 2. The van der Waals surface area contributed by atoms with Gasteiger partial charge in [-0.05, 0) is 28.0 Å². The highest BCUT2D eigenvalue weighted by Gasteiger charge is 2.17. The van der Waals surface area contributed by atoms with Crippen LogP contribution in [0.25, 0.3) is 31.3 Å². The van der Waals surface area contributed by atoms with Crippen LogP contribution < -0.4 is 5.46 Å². The third-order valence-corrected chi connectivity index (χ3v) is 5.13. The van der Waals surface area contributed by atoms with Crippen LogP contribution in [0.4, 0.5) is 0 Å². The summed E-state index contributed by atoms with van der Waals surface area (Å²) in [5.41, 5.74) is 2.93. The molecule has 0 bridgehead atoms. The summed E-state index contributed by atoms with van der Waals surface area (Å²) in [5.74, 6) is 0. The number of rotatable bonds is 2. The van der Waals surface area contributed by atoms with Gasteiger partial charge in [0.05, 0.1) is 0 Å². The first-order chi connectivity index (χ1) is 10.7. The molecule has 0 aliphatic carbocycles. The molecule has 4 heteroatoms. The van der Waals surface area contributed by atoms with Crippen LogP contribution in [0.5, 0.6) is 0 Å². The zero-order valence-corrected chi connectivity index (χ0v) is 12.5. The van der Waals surface area contributed by atoms with Crippen LogP contribution in [0.2, 0.25) is 0 Å². The van der Waals surface area contributed by atoms with Gasteiger partial charge in [0.15, 0.2) is 0 Å². The lowest BCUT2D eigenvalue weighted by molar-refractivity contribution is 0.426. The van der Waals surface area contributed by atoms with Crippen molar-refractivity contribution < 1.29 is 10.0 Å². The van der Waals surface area contributed by atoms with Crippen molar-refractivity contribution in [3.8, 4) is 11.1 Å². The van der Waals surface area contributed by atoms with E-state index in [1.54, 1.807) is 17.4 Å². The first kappa shape index (κ1) is 13.5. The molecule has 0 saturated carbocycles. The first-order valence-corrected chi connectivity index (χ1v) is 7.92. The second-order valence-electron chi connectivity index (χ2n) is 5.28. The number of thiophene rings is 1. The van der Waals surface area contributed by atoms with E-state index in [9.17, 15) is 10.0 Å². The Bertz CT molecular complexity index is 961. The molecule has 3 aromatic carbocycles. The summed E-state index contributed by atoms with van der Waals surface area (Å²) in [6, 6.07) is 22.3. The SMILES string of the molecule is OB(O)c1cccc2c1sc1cc(-c3ccccc3)ccc12. The van der Waals surface area contributed by atoms with E-state index in [-0.39, 0.29) is 0 Å². The molecular formula is C18H13BO2S. The second-order valence-corrected chi connectivity index (χ2v) is 6.33. The second kappa shape index (κ2) is 5.25. The van der Waals surface area contributed by atoms with Gasteiger partial charge in [-0.3, -0.25) is 0 Å². The zero-order chi connectivity index (χ0) is 15.1. The van der Waals surface area contributed by atoms with Crippen molar-refractivity contribution in [1.82, 2.24) is 0 Å². The summed E-state index contributed by atoms with van der Waals surface area (Å²) < 4.78 is 2.10. The van der Waals surface area contributed by atoms with Gasteiger partial charge in [0.2, 0.25) is 0 Å². The molecule has 4 rings (SSSR count). The molecule has 0 atom stereocenters. The predicted octanol–water partition coefficient (Wildman–Crippen LogP) is 3.40. The average Bonchev–Trinajstić information content (AvgIpc) is 2.93. The van der Waals surface area contributed by atoms with Crippen molar-refractivity contribution in [2.45, 2.75) is 0 Å². The van der Waals surface area contributed by atoms with Gasteiger partial charge < -0.3 is 10.0 Å². The van der Waals surface area contributed by atoms with Gasteiger partial charge in [-0.2, -0.15) is 0 Å². The van der Waals surface area contributed by atoms with Crippen LogP contribution in [0, 0.1) is 0 Å². The van der Waals surface area contributed by atoms with Crippen LogP contribution in [-0.2, 0) is 0 Å².